The summed E-state index contributed by atoms with van der Waals surface area (Å²) in [4.78, 5) is 13.2. The Morgan fingerprint density at radius 2 is 2.05 bits per heavy atom. The summed E-state index contributed by atoms with van der Waals surface area (Å²) >= 11 is 1.65. The van der Waals surface area contributed by atoms with Crippen molar-refractivity contribution in [2.24, 2.45) is 5.73 Å². The van der Waals surface area contributed by atoms with Crippen molar-refractivity contribution < 1.29 is 9.90 Å². The van der Waals surface area contributed by atoms with Crippen molar-refractivity contribution in [1.82, 2.24) is 5.32 Å². The van der Waals surface area contributed by atoms with Crippen LogP contribution in [-0.2, 0) is 24.2 Å². The normalized spacial score (nSPS) is 12.1. The molecule has 0 spiro atoms. The van der Waals surface area contributed by atoms with Crippen LogP contribution in [0.3, 0.4) is 0 Å². The number of carbonyl (C=O) groups excluding carboxylic acids is 1. The van der Waals surface area contributed by atoms with Crippen molar-refractivity contribution in [1.29, 1.82) is 0 Å². The highest BCUT2D eigenvalue weighted by Gasteiger charge is 2.14. The lowest BCUT2D eigenvalue weighted by Gasteiger charge is -2.12. The molecule has 0 aliphatic rings. The Morgan fingerprint density at radius 1 is 1.33 bits per heavy atom. The predicted octanol–water partition coefficient (Wildman–Crippen LogP) is 2.20. The molecule has 0 radical (unpaired) electrons. The number of hydrogen-bond donors (Lipinski definition) is 3. The summed E-state index contributed by atoms with van der Waals surface area (Å²) in [6.07, 6.45) is 1.42. The van der Waals surface area contributed by atoms with E-state index in [1.54, 1.807) is 35.6 Å². The maximum absolute atomic E-state index is 12.0. The Hall–Kier alpha value is -1.85. The largest absolute Gasteiger partial charge is 0.508 e. The lowest BCUT2D eigenvalue weighted by atomic mass is 10.1. The molecule has 1 heterocycles. The minimum Gasteiger partial charge on any atom is -0.508 e. The summed E-state index contributed by atoms with van der Waals surface area (Å²) < 4.78 is 0. The van der Waals surface area contributed by atoms with Crippen LogP contribution in [-0.4, -0.2) is 17.1 Å². The Bertz CT molecular complexity index is 593. The van der Waals surface area contributed by atoms with E-state index >= 15 is 0 Å². The van der Waals surface area contributed by atoms with Crippen LogP contribution in [0.15, 0.2) is 35.7 Å². The number of phenols is 1. The first-order valence-corrected chi connectivity index (χ1v) is 7.84. The average molecular weight is 304 g/mol. The fourth-order valence-corrected chi connectivity index (χ4v) is 3.03. The number of hydrogen-bond acceptors (Lipinski definition) is 4. The Kier molecular flexibility index (Phi) is 5.36. The number of aromatic hydroxyl groups is 1. The first kappa shape index (κ1) is 15.5. The molecule has 0 aliphatic carbocycles. The van der Waals surface area contributed by atoms with E-state index in [1.807, 2.05) is 5.38 Å². The molecular weight excluding hydrogens is 284 g/mol. The Balaban J connectivity index is 1.86. The lowest BCUT2D eigenvalue weighted by Crippen LogP contribution is -2.41. The van der Waals surface area contributed by atoms with Gasteiger partial charge in [0, 0.05) is 4.88 Å². The topological polar surface area (TPSA) is 75.4 Å². The third-order valence-electron chi connectivity index (χ3n) is 3.37. The number of carbonyl (C=O) groups is 1. The van der Waals surface area contributed by atoms with Crippen LogP contribution < -0.4 is 11.1 Å². The van der Waals surface area contributed by atoms with Gasteiger partial charge in [-0.3, -0.25) is 4.79 Å². The first-order chi connectivity index (χ1) is 10.1. The fourth-order valence-electron chi connectivity index (χ4n) is 2.11. The molecule has 0 aliphatic heterocycles. The minimum absolute atomic E-state index is 0.154. The Labute approximate surface area is 128 Å². The monoisotopic (exact) mass is 304 g/mol. The molecule has 0 bridgehead atoms. The zero-order valence-corrected chi connectivity index (χ0v) is 12.8. The van der Waals surface area contributed by atoms with E-state index in [-0.39, 0.29) is 11.7 Å². The van der Waals surface area contributed by atoms with Crippen LogP contribution in [0.2, 0.25) is 0 Å². The summed E-state index contributed by atoms with van der Waals surface area (Å²) in [5, 5.41) is 14.2. The molecule has 4 N–H and O–H groups in total. The molecule has 0 saturated carbocycles. The van der Waals surface area contributed by atoms with Gasteiger partial charge in [-0.05, 0) is 47.5 Å². The molecule has 21 heavy (non-hydrogen) atoms. The summed E-state index contributed by atoms with van der Waals surface area (Å²) in [5.74, 6) is 0.0556. The molecule has 4 nitrogen and oxygen atoms in total. The van der Waals surface area contributed by atoms with Crippen molar-refractivity contribution in [3.63, 3.8) is 0 Å². The van der Waals surface area contributed by atoms with Crippen LogP contribution in [0.1, 0.15) is 22.9 Å². The van der Waals surface area contributed by atoms with Crippen molar-refractivity contribution >= 4 is 17.2 Å². The third kappa shape index (κ3) is 4.31. The molecule has 5 heteroatoms. The molecule has 2 rings (SSSR count). The third-order valence-corrected chi connectivity index (χ3v) is 4.33. The van der Waals surface area contributed by atoms with E-state index < -0.39 is 6.04 Å². The number of benzene rings is 1. The second-order valence-corrected chi connectivity index (χ2v) is 5.92. The number of aryl methyl sites for hydroxylation is 1. The van der Waals surface area contributed by atoms with Gasteiger partial charge >= 0.3 is 0 Å². The molecule has 0 unspecified atom stereocenters. The summed E-state index contributed by atoms with van der Waals surface area (Å²) in [6.45, 7) is 2.63. The van der Waals surface area contributed by atoms with Crippen molar-refractivity contribution in [2.75, 3.05) is 0 Å². The number of amides is 1. The molecule has 112 valence electrons. The predicted molar refractivity (Wildman–Crippen MR) is 85.3 cm³/mol. The van der Waals surface area contributed by atoms with Crippen molar-refractivity contribution in [2.45, 2.75) is 32.4 Å². The second kappa shape index (κ2) is 7.24. The number of phenolic OH excluding ortho intramolecular Hbond substituents is 1. The van der Waals surface area contributed by atoms with Gasteiger partial charge < -0.3 is 16.2 Å². The average Bonchev–Trinajstić information content (AvgIpc) is 2.94. The van der Waals surface area contributed by atoms with E-state index in [0.717, 1.165) is 12.0 Å². The maximum Gasteiger partial charge on any atom is 0.237 e. The molecule has 1 aromatic heterocycles. The highest BCUT2D eigenvalue weighted by atomic mass is 32.1. The van der Waals surface area contributed by atoms with Gasteiger partial charge in [-0.2, -0.15) is 0 Å². The smallest absolute Gasteiger partial charge is 0.237 e. The van der Waals surface area contributed by atoms with Gasteiger partial charge in [-0.1, -0.05) is 19.1 Å². The zero-order chi connectivity index (χ0) is 15.2. The van der Waals surface area contributed by atoms with Crippen LogP contribution >= 0.6 is 11.3 Å². The fraction of sp³-hybridized carbons (Fsp3) is 0.312. The summed E-state index contributed by atoms with van der Waals surface area (Å²) in [6, 6.07) is 8.24. The van der Waals surface area contributed by atoms with Gasteiger partial charge in [0.2, 0.25) is 5.91 Å². The maximum atomic E-state index is 12.0. The highest BCUT2D eigenvalue weighted by Crippen LogP contribution is 2.17. The number of nitrogens with two attached hydrogens (primary N) is 1. The van der Waals surface area contributed by atoms with Crippen molar-refractivity contribution in [3.8, 4) is 5.75 Å². The number of nitrogens with one attached hydrogen (secondary N) is 1. The van der Waals surface area contributed by atoms with Gasteiger partial charge in [0.1, 0.15) is 5.75 Å². The number of rotatable bonds is 6. The van der Waals surface area contributed by atoms with Gasteiger partial charge in [0.25, 0.3) is 0 Å². The molecular formula is C16H20N2O2S. The van der Waals surface area contributed by atoms with Crippen LogP contribution in [0.5, 0.6) is 5.75 Å². The van der Waals surface area contributed by atoms with Gasteiger partial charge in [0.15, 0.2) is 0 Å². The van der Waals surface area contributed by atoms with E-state index in [0.29, 0.717) is 13.0 Å². The van der Waals surface area contributed by atoms with Crippen LogP contribution in [0, 0.1) is 0 Å². The summed E-state index contributed by atoms with van der Waals surface area (Å²) in [7, 11) is 0. The number of thiophene rings is 1. The lowest BCUT2D eigenvalue weighted by molar-refractivity contribution is -0.122. The molecule has 0 saturated heterocycles. The molecule has 1 aromatic carbocycles. The van der Waals surface area contributed by atoms with E-state index in [2.05, 4.69) is 18.3 Å². The minimum atomic E-state index is -0.584. The molecule has 2 aromatic rings. The van der Waals surface area contributed by atoms with Crippen LogP contribution in [0.25, 0.3) is 0 Å². The van der Waals surface area contributed by atoms with Gasteiger partial charge in [0.05, 0.1) is 12.6 Å². The zero-order valence-electron chi connectivity index (χ0n) is 12.0. The van der Waals surface area contributed by atoms with E-state index in [9.17, 15) is 9.90 Å². The van der Waals surface area contributed by atoms with Crippen LogP contribution in [0.4, 0.5) is 0 Å². The summed E-state index contributed by atoms with van der Waals surface area (Å²) in [5.41, 5.74) is 8.13. The first-order valence-electron chi connectivity index (χ1n) is 6.96. The standard InChI is InChI=1S/C16H20N2O2S/c1-2-12-7-8-21-15(12)10-18-16(20)14(17)9-11-3-5-13(19)6-4-11/h3-8,14,19H,2,9-10,17H2,1H3,(H,18,20)/t14-/m0/s1. The van der Waals surface area contributed by atoms with E-state index in [4.69, 9.17) is 5.73 Å². The SMILES string of the molecule is CCc1ccsc1CNC(=O)[C@@H](N)Cc1ccc(O)cc1. The quantitative estimate of drug-likeness (QED) is 0.766. The van der Waals surface area contributed by atoms with Gasteiger partial charge in [-0.25, -0.2) is 0 Å². The molecule has 1 amide bonds. The van der Waals surface area contributed by atoms with Gasteiger partial charge in [-0.15, -0.1) is 11.3 Å². The second-order valence-electron chi connectivity index (χ2n) is 4.92. The highest BCUT2D eigenvalue weighted by molar-refractivity contribution is 7.10. The van der Waals surface area contributed by atoms with E-state index in [1.165, 1.54) is 10.4 Å². The Morgan fingerprint density at radius 3 is 2.71 bits per heavy atom. The molecule has 0 fully saturated rings. The molecule has 1 atom stereocenters. The van der Waals surface area contributed by atoms with Crippen molar-refractivity contribution in [3.05, 3.63) is 51.7 Å².